The van der Waals surface area contributed by atoms with Crippen LogP contribution in [0.5, 0.6) is 5.75 Å². The summed E-state index contributed by atoms with van der Waals surface area (Å²) in [4.78, 5) is 12.0. The van der Waals surface area contributed by atoms with Gasteiger partial charge in [-0.15, -0.1) is 0 Å². The van der Waals surface area contributed by atoms with E-state index < -0.39 is 0 Å². The van der Waals surface area contributed by atoms with Gasteiger partial charge in [-0.25, -0.2) is 0 Å². The van der Waals surface area contributed by atoms with Crippen molar-refractivity contribution < 1.29 is 9.90 Å². The van der Waals surface area contributed by atoms with Crippen LogP contribution in [-0.4, -0.2) is 24.0 Å². The largest absolute Gasteiger partial charge is 0.508 e. The van der Waals surface area contributed by atoms with E-state index in [0.29, 0.717) is 12.1 Å². The second-order valence-corrected chi connectivity index (χ2v) is 5.54. The van der Waals surface area contributed by atoms with E-state index in [9.17, 15) is 9.90 Å². The first-order chi connectivity index (χ1) is 11.2. The van der Waals surface area contributed by atoms with Gasteiger partial charge >= 0.3 is 0 Å². The predicted molar refractivity (Wildman–Crippen MR) is 93.0 cm³/mol. The van der Waals surface area contributed by atoms with E-state index in [1.165, 1.54) is 28.5 Å². The van der Waals surface area contributed by atoms with E-state index in [4.69, 9.17) is 0 Å². The number of aromatic hydroxyl groups is 1. The van der Waals surface area contributed by atoms with E-state index >= 15 is 0 Å². The normalized spacial score (nSPS) is 10.8. The first-order valence-electron chi connectivity index (χ1n) is 7.73. The molecule has 0 heterocycles. The molecular formula is C20H19NO2. The summed E-state index contributed by atoms with van der Waals surface area (Å²) in [5.74, 6) is 0.202. The molecule has 23 heavy (non-hydrogen) atoms. The monoisotopic (exact) mass is 305 g/mol. The molecule has 3 aromatic carbocycles. The zero-order valence-electron chi connectivity index (χ0n) is 12.8. The Morgan fingerprint density at radius 2 is 1.65 bits per heavy atom. The highest BCUT2D eigenvalue weighted by atomic mass is 16.3. The Hall–Kier alpha value is -2.65. The molecule has 0 amide bonds. The minimum atomic E-state index is 0.0305. The molecule has 0 fully saturated rings. The van der Waals surface area contributed by atoms with Crippen LogP contribution in [0.4, 0.5) is 0 Å². The van der Waals surface area contributed by atoms with Gasteiger partial charge in [-0.3, -0.25) is 4.79 Å². The molecule has 0 spiro atoms. The first-order valence-corrected chi connectivity index (χ1v) is 7.73. The molecule has 0 aliphatic carbocycles. The number of phenols is 1. The molecule has 0 aliphatic rings. The molecule has 0 aromatic heterocycles. The molecule has 3 nitrogen and oxygen atoms in total. The molecule has 0 atom stereocenters. The van der Waals surface area contributed by atoms with E-state index in [1.54, 1.807) is 12.1 Å². The molecule has 0 unspecified atom stereocenters. The van der Waals surface area contributed by atoms with Gasteiger partial charge in [0.15, 0.2) is 5.78 Å². The average Bonchev–Trinajstić information content (AvgIpc) is 2.59. The average molecular weight is 305 g/mol. The van der Waals surface area contributed by atoms with E-state index in [-0.39, 0.29) is 11.5 Å². The maximum atomic E-state index is 12.0. The zero-order valence-corrected chi connectivity index (χ0v) is 12.8. The maximum absolute atomic E-state index is 12.0. The summed E-state index contributed by atoms with van der Waals surface area (Å²) in [5.41, 5.74) is 1.90. The molecule has 0 saturated heterocycles. The predicted octanol–water partition coefficient (Wildman–Crippen LogP) is 3.56. The van der Waals surface area contributed by atoms with Crippen LogP contribution in [0.25, 0.3) is 10.8 Å². The molecule has 3 rings (SSSR count). The Bertz CT molecular complexity index is 804. The van der Waals surface area contributed by atoms with Gasteiger partial charge in [0.05, 0.1) is 6.54 Å². The van der Waals surface area contributed by atoms with E-state index in [1.807, 2.05) is 12.1 Å². The van der Waals surface area contributed by atoms with Crippen molar-refractivity contribution >= 4 is 16.6 Å². The van der Waals surface area contributed by atoms with Gasteiger partial charge < -0.3 is 10.4 Å². The second-order valence-electron chi connectivity index (χ2n) is 5.54. The Kier molecular flexibility index (Phi) is 4.69. The number of fused-ring (bicyclic) bond motifs is 1. The van der Waals surface area contributed by atoms with Crippen molar-refractivity contribution in [3.05, 3.63) is 77.9 Å². The Morgan fingerprint density at radius 1 is 0.913 bits per heavy atom. The van der Waals surface area contributed by atoms with Crippen LogP contribution in [0.3, 0.4) is 0 Å². The van der Waals surface area contributed by atoms with Gasteiger partial charge in [-0.2, -0.15) is 0 Å². The number of hydrogen-bond acceptors (Lipinski definition) is 3. The maximum Gasteiger partial charge on any atom is 0.176 e. The summed E-state index contributed by atoms with van der Waals surface area (Å²) in [6.45, 7) is 1.05. The lowest BCUT2D eigenvalue weighted by atomic mass is 10.0. The first kappa shape index (κ1) is 15.3. The number of benzene rings is 3. The highest BCUT2D eigenvalue weighted by Crippen LogP contribution is 2.18. The Balaban J connectivity index is 1.55. The fourth-order valence-electron chi connectivity index (χ4n) is 2.68. The van der Waals surface area contributed by atoms with Gasteiger partial charge in [0.2, 0.25) is 0 Å². The molecule has 3 heteroatoms. The smallest absolute Gasteiger partial charge is 0.176 e. The molecule has 0 saturated carbocycles. The Labute approximate surface area is 135 Å². The summed E-state index contributed by atoms with van der Waals surface area (Å²) < 4.78 is 0. The van der Waals surface area contributed by atoms with Crippen LogP contribution in [-0.2, 0) is 6.42 Å². The summed E-state index contributed by atoms with van der Waals surface area (Å²) in [5, 5.41) is 14.9. The third-order valence-corrected chi connectivity index (χ3v) is 3.93. The summed E-state index contributed by atoms with van der Waals surface area (Å²) in [6, 6.07) is 21.0. The number of phenolic OH excluding ortho intramolecular Hbond substituents is 1. The van der Waals surface area contributed by atoms with Crippen LogP contribution >= 0.6 is 0 Å². The fraction of sp³-hybridized carbons (Fsp3) is 0.150. The van der Waals surface area contributed by atoms with E-state index in [0.717, 1.165) is 13.0 Å². The molecule has 0 aliphatic heterocycles. The quantitative estimate of drug-likeness (QED) is 0.541. The van der Waals surface area contributed by atoms with Gasteiger partial charge in [0.1, 0.15) is 5.75 Å². The highest BCUT2D eigenvalue weighted by Gasteiger charge is 2.05. The standard InChI is InChI=1S/C20H19NO2/c22-18-10-8-17(9-11-18)20(23)14-21-13-12-16-6-3-5-15-4-1-2-7-19(15)16/h1-11,21-22H,12-14H2. The second kappa shape index (κ2) is 7.07. The minimum Gasteiger partial charge on any atom is -0.508 e. The molecule has 116 valence electrons. The van der Waals surface area contributed by atoms with Crippen molar-refractivity contribution in [3.63, 3.8) is 0 Å². The van der Waals surface area contributed by atoms with Crippen molar-refractivity contribution in [3.8, 4) is 5.75 Å². The zero-order chi connectivity index (χ0) is 16.1. The lowest BCUT2D eigenvalue weighted by Crippen LogP contribution is -2.25. The Morgan fingerprint density at radius 3 is 2.48 bits per heavy atom. The fourth-order valence-corrected chi connectivity index (χ4v) is 2.68. The lowest BCUT2D eigenvalue weighted by Gasteiger charge is -2.08. The third-order valence-electron chi connectivity index (χ3n) is 3.93. The van der Waals surface area contributed by atoms with Crippen molar-refractivity contribution in [2.45, 2.75) is 6.42 Å². The number of ketones is 1. The highest BCUT2D eigenvalue weighted by molar-refractivity contribution is 5.97. The van der Waals surface area contributed by atoms with Gasteiger partial charge in [-0.05, 0) is 53.6 Å². The molecule has 0 bridgehead atoms. The molecule has 2 N–H and O–H groups in total. The molecular weight excluding hydrogens is 286 g/mol. The molecule has 3 aromatic rings. The van der Waals surface area contributed by atoms with E-state index in [2.05, 4.69) is 35.6 Å². The van der Waals surface area contributed by atoms with Crippen molar-refractivity contribution in [1.29, 1.82) is 0 Å². The number of carbonyl (C=O) groups excluding carboxylic acids is 1. The number of Topliss-reactive ketones (excluding diaryl/α,β-unsaturated/α-hetero) is 1. The van der Waals surface area contributed by atoms with Gasteiger partial charge in [-0.1, -0.05) is 42.5 Å². The topological polar surface area (TPSA) is 49.3 Å². The van der Waals surface area contributed by atoms with Gasteiger partial charge in [0, 0.05) is 5.56 Å². The number of hydrogen-bond donors (Lipinski definition) is 2. The van der Waals surface area contributed by atoms with Crippen LogP contribution in [0, 0.1) is 0 Å². The third kappa shape index (κ3) is 3.76. The van der Waals surface area contributed by atoms with Crippen LogP contribution in [0.2, 0.25) is 0 Å². The lowest BCUT2D eigenvalue weighted by molar-refractivity contribution is 0.0991. The van der Waals surface area contributed by atoms with Crippen molar-refractivity contribution in [2.75, 3.05) is 13.1 Å². The number of carbonyl (C=O) groups is 1. The summed E-state index contributed by atoms with van der Waals surface area (Å²) >= 11 is 0. The van der Waals surface area contributed by atoms with Gasteiger partial charge in [0.25, 0.3) is 0 Å². The van der Waals surface area contributed by atoms with Crippen molar-refractivity contribution in [2.24, 2.45) is 0 Å². The SMILES string of the molecule is O=C(CNCCc1cccc2ccccc12)c1ccc(O)cc1. The molecule has 0 radical (unpaired) electrons. The summed E-state index contributed by atoms with van der Waals surface area (Å²) in [6.07, 6.45) is 0.879. The van der Waals surface area contributed by atoms with Crippen LogP contribution in [0.15, 0.2) is 66.7 Å². The number of nitrogens with one attached hydrogen (secondary N) is 1. The minimum absolute atomic E-state index is 0.0305. The number of rotatable bonds is 6. The summed E-state index contributed by atoms with van der Waals surface area (Å²) in [7, 11) is 0. The van der Waals surface area contributed by atoms with Crippen molar-refractivity contribution in [1.82, 2.24) is 5.32 Å². The van der Waals surface area contributed by atoms with Crippen LogP contribution in [0.1, 0.15) is 15.9 Å². The van der Waals surface area contributed by atoms with Crippen LogP contribution < -0.4 is 5.32 Å².